The van der Waals surface area contributed by atoms with E-state index >= 15 is 0 Å². The summed E-state index contributed by atoms with van der Waals surface area (Å²) in [4.78, 5) is 9.92. The summed E-state index contributed by atoms with van der Waals surface area (Å²) in [5.41, 5.74) is -0.466. The third-order valence-corrected chi connectivity index (χ3v) is 3.14. The number of alkyl halides is 1. The minimum absolute atomic E-state index is 0.0972. The summed E-state index contributed by atoms with van der Waals surface area (Å²) in [5.74, 6) is -0.962. The van der Waals surface area contributed by atoms with Gasteiger partial charge in [0, 0.05) is 5.92 Å². The Morgan fingerprint density at radius 1 is 1.64 bits per heavy atom. The van der Waals surface area contributed by atoms with Crippen LogP contribution >= 0.6 is 15.9 Å². The smallest absolute Gasteiger partial charge is 0.317 e. The van der Waals surface area contributed by atoms with Crippen molar-refractivity contribution in [2.45, 2.75) is 24.3 Å². The van der Waals surface area contributed by atoms with Crippen molar-refractivity contribution in [1.29, 1.82) is 0 Å². The molecule has 1 heterocycles. The lowest BCUT2D eigenvalue weighted by Crippen LogP contribution is -2.31. The molecule has 0 aromatic carbocycles. The molecule has 0 radical (unpaired) electrons. The number of carboxylic acid groups (broad SMARTS) is 1. The predicted molar refractivity (Wildman–Crippen MR) is 42.8 cm³/mol. The third kappa shape index (κ3) is 1.58. The van der Waals surface area contributed by atoms with Crippen molar-refractivity contribution in [3.63, 3.8) is 0 Å². The second-order valence-electron chi connectivity index (χ2n) is 2.82. The van der Waals surface area contributed by atoms with Crippen molar-refractivity contribution < 1.29 is 9.90 Å². The molecule has 0 aliphatic carbocycles. The molecule has 0 spiro atoms. The van der Waals surface area contributed by atoms with Gasteiger partial charge >= 0.3 is 5.97 Å². The summed E-state index contributed by atoms with van der Waals surface area (Å²) in [5, 5.41) is 16.2. The van der Waals surface area contributed by atoms with E-state index in [1.807, 2.05) is 13.8 Å². The van der Waals surface area contributed by atoms with E-state index in [4.69, 9.17) is 5.11 Å². The zero-order valence-corrected chi connectivity index (χ0v) is 7.87. The average molecular weight is 221 g/mol. The number of carbonyl (C=O) groups is 1. The molecule has 0 saturated carbocycles. The molecule has 2 atom stereocenters. The van der Waals surface area contributed by atoms with Gasteiger partial charge in [-0.05, 0) is 6.92 Å². The first kappa shape index (κ1) is 8.64. The monoisotopic (exact) mass is 220 g/mol. The zero-order chi connectivity index (χ0) is 8.65. The minimum atomic E-state index is -0.865. The van der Waals surface area contributed by atoms with Crippen LogP contribution < -0.4 is 0 Å². The maximum Gasteiger partial charge on any atom is 0.317 e. The molecular weight excluding hydrogens is 212 g/mol. The first-order valence-electron chi connectivity index (χ1n) is 3.28. The molecule has 2 unspecified atom stereocenters. The largest absolute Gasteiger partial charge is 0.480 e. The standard InChI is InChI=1S/C6H9BrN2O2/c1-3(4(7)5(10)11)6(2)8-9-6/h3-4H,1-2H3,(H,10,11). The van der Waals surface area contributed by atoms with Crippen molar-refractivity contribution in [3.05, 3.63) is 0 Å². The number of rotatable bonds is 3. The highest BCUT2D eigenvalue weighted by Crippen LogP contribution is 2.39. The molecule has 1 aliphatic rings. The Kier molecular flexibility index (Phi) is 2.00. The molecule has 11 heavy (non-hydrogen) atoms. The van der Waals surface area contributed by atoms with Crippen LogP contribution in [0.3, 0.4) is 0 Å². The van der Waals surface area contributed by atoms with E-state index in [2.05, 4.69) is 26.2 Å². The van der Waals surface area contributed by atoms with Gasteiger partial charge in [0.05, 0.1) is 0 Å². The minimum Gasteiger partial charge on any atom is -0.480 e. The van der Waals surface area contributed by atoms with Crippen LogP contribution in [0.2, 0.25) is 0 Å². The van der Waals surface area contributed by atoms with Gasteiger partial charge in [0.15, 0.2) is 5.66 Å². The summed E-state index contributed by atoms with van der Waals surface area (Å²) < 4.78 is 0. The summed E-state index contributed by atoms with van der Waals surface area (Å²) in [6.07, 6.45) is 0. The summed E-state index contributed by atoms with van der Waals surface area (Å²) in [6, 6.07) is 0. The van der Waals surface area contributed by atoms with Gasteiger partial charge in [0.25, 0.3) is 0 Å². The number of halogens is 1. The first-order valence-corrected chi connectivity index (χ1v) is 4.20. The maximum atomic E-state index is 10.5. The Labute approximate surface area is 72.8 Å². The van der Waals surface area contributed by atoms with Crippen molar-refractivity contribution in [1.82, 2.24) is 0 Å². The second kappa shape index (κ2) is 2.55. The molecule has 0 bridgehead atoms. The summed E-state index contributed by atoms with van der Waals surface area (Å²) in [6.45, 7) is 3.63. The molecule has 1 N–H and O–H groups in total. The summed E-state index contributed by atoms with van der Waals surface area (Å²) >= 11 is 3.06. The normalized spacial score (nSPS) is 24.3. The van der Waals surface area contributed by atoms with E-state index in [0.29, 0.717) is 0 Å². The molecule has 4 nitrogen and oxygen atoms in total. The topological polar surface area (TPSA) is 62.0 Å². The van der Waals surface area contributed by atoms with E-state index in [1.54, 1.807) is 0 Å². The Morgan fingerprint density at radius 3 is 2.36 bits per heavy atom. The Hall–Kier alpha value is -0.450. The highest BCUT2D eigenvalue weighted by atomic mass is 79.9. The van der Waals surface area contributed by atoms with E-state index < -0.39 is 16.5 Å². The van der Waals surface area contributed by atoms with Crippen molar-refractivity contribution in [2.75, 3.05) is 0 Å². The van der Waals surface area contributed by atoms with Crippen LogP contribution in [-0.2, 0) is 4.79 Å². The van der Waals surface area contributed by atoms with Crippen molar-refractivity contribution in [2.24, 2.45) is 16.1 Å². The number of hydrogen-bond donors (Lipinski definition) is 1. The van der Waals surface area contributed by atoms with Crippen LogP contribution in [0.15, 0.2) is 10.2 Å². The van der Waals surface area contributed by atoms with Crippen LogP contribution in [-0.4, -0.2) is 21.6 Å². The molecule has 0 amide bonds. The fraction of sp³-hybridized carbons (Fsp3) is 0.833. The molecule has 0 aromatic heterocycles. The van der Waals surface area contributed by atoms with Gasteiger partial charge in [-0.15, -0.1) is 0 Å². The fourth-order valence-electron chi connectivity index (χ4n) is 0.752. The van der Waals surface area contributed by atoms with Crippen LogP contribution in [0, 0.1) is 5.92 Å². The predicted octanol–water partition coefficient (Wildman–Crippen LogP) is 1.65. The molecule has 1 rings (SSSR count). The van der Waals surface area contributed by atoms with E-state index in [9.17, 15) is 4.79 Å². The first-order chi connectivity index (χ1) is 4.97. The molecule has 1 aliphatic heterocycles. The van der Waals surface area contributed by atoms with E-state index in [1.165, 1.54) is 0 Å². The fourth-order valence-corrected chi connectivity index (χ4v) is 1.25. The third-order valence-electron chi connectivity index (χ3n) is 1.95. The molecule has 0 aromatic rings. The number of hydrogen-bond acceptors (Lipinski definition) is 3. The van der Waals surface area contributed by atoms with Crippen molar-refractivity contribution >= 4 is 21.9 Å². The molecule has 0 fully saturated rings. The molecule has 0 saturated heterocycles. The highest BCUT2D eigenvalue weighted by molar-refractivity contribution is 9.10. The number of aliphatic carboxylic acids is 1. The van der Waals surface area contributed by atoms with Gasteiger partial charge in [-0.3, -0.25) is 4.79 Å². The Morgan fingerprint density at radius 2 is 2.09 bits per heavy atom. The van der Waals surface area contributed by atoms with Gasteiger partial charge in [0.1, 0.15) is 4.83 Å². The SMILES string of the molecule is CC(C(Br)C(=O)O)C1(C)N=N1. The van der Waals surface area contributed by atoms with Crippen LogP contribution in [0.25, 0.3) is 0 Å². The molecule has 5 heteroatoms. The Balaban J connectivity index is 2.54. The zero-order valence-electron chi connectivity index (χ0n) is 6.28. The lowest BCUT2D eigenvalue weighted by molar-refractivity contribution is -0.137. The van der Waals surface area contributed by atoms with Crippen LogP contribution in [0.5, 0.6) is 0 Å². The molecule has 62 valence electrons. The average Bonchev–Trinajstić information content (AvgIpc) is 2.66. The lowest BCUT2D eigenvalue weighted by Gasteiger charge is -2.16. The number of carboxylic acids is 1. The van der Waals surface area contributed by atoms with Gasteiger partial charge in [-0.2, -0.15) is 10.2 Å². The van der Waals surface area contributed by atoms with Gasteiger partial charge in [0.2, 0.25) is 0 Å². The van der Waals surface area contributed by atoms with Gasteiger partial charge in [-0.1, -0.05) is 22.9 Å². The van der Waals surface area contributed by atoms with Gasteiger partial charge in [-0.25, -0.2) is 0 Å². The second-order valence-corrected chi connectivity index (χ2v) is 3.81. The Bertz CT molecular complexity index is 211. The maximum absolute atomic E-state index is 10.5. The van der Waals surface area contributed by atoms with Crippen LogP contribution in [0.4, 0.5) is 0 Å². The van der Waals surface area contributed by atoms with Crippen molar-refractivity contribution in [3.8, 4) is 0 Å². The van der Waals surface area contributed by atoms with Crippen LogP contribution in [0.1, 0.15) is 13.8 Å². The number of nitrogens with zero attached hydrogens (tertiary/aromatic N) is 2. The van der Waals surface area contributed by atoms with E-state index in [-0.39, 0.29) is 5.92 Å². The van der Waals surface area contributed by atoms with Gasteiger partial charge < -0.3 is 5.11 Å². The quantitative estimate of drug-likeness (QED) is 0.736. The molecular formula is C6H9BrN2O2. The summed E-state index contributed by atoms with van der Waals surface area (Å²) in [7, 11) is 0. The highest BCUT2D eigenvalue weighted by Gasteiger charge is 2.45. The van der Waals surface area contributed by atoms with E-state index in [0.717, 1.165) is 0 Å². The lowest BCUT2D eigenvalue weighted by atomic mass is 9.97.